The van der Waals surface area contributed by atoms with Crippen molar-refractivity contribution in [3.8, 4) is 11.8 Å². The van der Waals surface area contributed by atoms with Gasteiger partial charge in [0.15, 0.2) is 23.8 Å². The molecule has 2 aromatic heterocycles. The zero-order chi connectivity index (χ0) is 24.7. The van der Waals surface area contributed by atoms with E-state index < -0.39 is 30.4 Å². The first-order chi connectivity index (χ1) is 16.9. The molecule has 0 bridgehead atoms. The quantitative estimate of drug-likeness (QED) is 0.394. The van der Waals surface area contributed by atoms with Crippen molar-refractivity contribution in [2.24, 2.45) is 0 Å². The molecule has 2 amide bonds. The van der Waals surface area contributed by atoms with Crippen molar-refractivity contribution < 1.29 is 24.5 Å². The van der Waals surface area contributed by atoms with E-state index in [9.17, 15) is 19.8 Å². The number of anilines is 1. The van der Waals surface area contributed by atoms with Crippen LogP contribution in [-0.4, -0.2) is 83.4 Å². The molecule has 5 rings (SSSR count). The van der Waals surface area contributed by atoms with Crippen LogP contribution in [0.25, 0.3) is 11.2 Å². The third-order valence-electron chi connectivity index (χ3n) is 6.73. The third kappa shape index (κ3) is 4.54. The highest BCUT2D eigenvalue weighted by atomic mass is 16.6. The van der Waals surface area contributed by atoms with Crippen molar-refractivity contribution in [3.05, 3.63) is 12.2 Å². The second-order valence-corrected chi connectivity index (χ2v) is 9.23. The molecule has 0 spiro atoms. The number of carbonyl (C=O) groups excluding carboxylic acids is 2. The number of nitrogens with zero attached hydrogens (tertiary/aromatic N) is 5. The molecule has 2 aromatic rings. The fourth-order valence-corrected chi connectivity index (χ4v) is 4.32. The predicted octanol–water partition coefficient (Wildman–Crippen LogP) is -0.551. The zero-order valence-electron chi connectivity index (χ0n) is 19.4. The number of aliphatic hydroxyl groups is 2. The molecule has 12 nitrogen and oxygen atoms in total. The van der Waals surface area contributed by atoms with Crippen LogP contribution in [0, 0.1) is 11.8 Å². The fraction of sp³-hybridized carbons (Fsp3) is 0.609. The second-order valence-electron chi connectivity index (χ2n) is 9.23. The average Bonchev–Trinajstić information content (AvgIpc) is 3.44. The Morgan fingerprint density at radius 2 is 2.03 bits per heavy atom. The summed E-state index contributed by atoms with van der Waals surface area (Å²) in [4.78, 5) is 39.3. The van der Waals surface area contributed by atoms with Gasteiger partial charge in [0.1, 0.15) is 17.7 Å². The van der Waals surface area contributed by atoms with E-state index in [-0.39, 0.29) is 47.3 Å². The molecule has 186 valence electrons. The van der Waals surface area contributed by atoms with Gasteiger partial charge in [-0.1, -0.05) is 12.8 Å². The summed E-state index contributed by atoms with van der Waals surface area (Å²) in [6, 6.07) is 0.314. The van der Waals surface area contributed by atoms with Gasteiger partial charge in [-0.3, -0.25) is 14.2 Å². The maximum Gasteiger partial charge on any atom is 0.252 e. The molecular weight excluding hydrogens is 454 g/mol. The monoisotopic (exact) mass is 483 g/mol. The van der Waals surface area contributed by atoms with Crippen LogP contribution in [0.1, 0.15) is 57.5 Å². The number of aromatic nitrogens is 4. The normalized spacial score (nSPS) is 26.1. The molecule has 0 aromatic carbocycles. The lowest BCUT2D eigenvalue weighted by Crippen LogP contribution is -2.44. The molecule has 1 aliphatic heterocycles. The minimum atomic E-state index is -1.41. The standard InChI is InChI=1S/C23H29N7O5/c1-2-15(31)29(13-5-3-6-13)10-4-7-14-27-20(24)16-21(28-14)30(11-25-16)23-18(33)17(32)19(35-23)22(34)26-12-8-9-12/h11-13,17-19,23,32-33H,2-3,5-6,8-10H2,1H3,(H,26,34)(H2,24,27,28)/t17?,18-,19-,23+/m0/s1. The highest BCUT2D eigenvalue weighted by Crippen LogP contribution is 2.33. The van der Waals surface area contributed by atoms with Crippen molar-refractivity contribution in [2.45, 2.75) is 82.1 Å². The number of ether oxygens (including phenoxy) is 1. The van der Waals surface area contributed by atoms with Crippen LogP contribution >= 0.6 is 0 Å². The molecule has 3 aliphatic rings. The summed E-state index contributed by atoms with van der Waals surface area (Å²) in [6.45, 7) is 2.10. The van der Waals surface area contributed by atoms with Gasteiger partial charge < -0.3 is 30.9 Å². The summed E-state index contributed by atoms with van der Waals surface area (Å²) in [6.07, 6.45) is 1.52. The predicted molar refractivity (Wildman–Crippen MR) is 123 cm³/mol. The van der Waals surface area contributed by atoms with Crippen molar-refractivity contribution in [2.75, 3.05) is 12.3 Å². The first-order valence-electron chi connectivity index (χ1n) is 12.0. The number of nitrogens with two attached hydrogens (primary N) is 1. The van der Waals surface area contributed by atoms with Crippen LogP contribution in [0.3, 0.4) is 0 Å². The molecule has 4 atom stereocenters. The molecule has 2 aliphatic carbocycles. The van der Waals surface area contributed by atoms with Crippen LogP contribution in [0.4, 0.5) is 5.82 Å². The lowest BCUT2D eigenvalue weighted by Gasteiger charge is -2.36. The van der Waals surface area contributed by atoms with E-state index in [2.05, 4.69) is 32.1 Å². The van der Waals surface area contributed by atoms with Crippen molar-refractivity contribution >= 4 is 28.8 Å². The number of aliphatic hydroxyl groups excluding tert-OH is 2. The molecule has 0 radical (unpaired) electrons. The Kier molecular flexibility index (Phi) is 6.31. The second kappa shape index (κ2) is 9.41. The minimum absolute atomic E-state index is 0.0594. The summed E-state index contributed by atoms with van der Waals surface area (Å²) < 4.78 is 7.15. The van der Waals surface area contributed by atoms with Crippen molar-refractivity contribution in [3.63, 3.8) is 0 Å². The van der Waals surface area contributed by atoms with Gasteiger partial charge in [0.2, 0.25) is 11.7 Å². The van der Waals surface area contributed by atoms with E-state index in [1.165, 1.54) is 10.9 Å². The molecular formula is C23H29N7O5. The first kappa shape index (κ1) is 23.5. The number of fused-ring (bicyclic) bond motifs is 1. The topological polar surface area (TPSA) is 169 Å². The first-order valence-corrected chi connectivity index (χ1v) is 12.0. The van der Waals surface area contributed by atoms with Crippen LogP contribution in [0.2, 0.25) is 0 Å². The summed E-state index contributed by atoms with van der Waals surface area (Å²) in [5.41, 5.74) is 6.61. The Balaban J connectivity index is 1.38. The van der Waals surface area contributed by atoms with E-state index >= 15 is 0 Å². The summed E-state index contributed by atoms with van der Waals surface area (Å²) in [7, 11) is 0. The summed E-state index contributed by atoms with van der Waals surface area (Å²) in [5.74, 6) is 5.65. The Morgan fingerprint density at radius 1 is 1.26 bits per heavy atom. The van der Waals surface area contributed by atoms with Crippen LogP contribution < -0.4 is 11.1 Å². The van der Waals surface area contributed by atoms with Crippen molar-refractivity contribution in [1.82, 2.24) is 29.7 Å². The Hall–Kier alpha value is -3.27. The van der Waals surface area contributed by atoms with Gasteiger partial charge in [-0.15, -0.1) is 0 Å². The van der Waals surface area contributed by atoms with Crippen LogP contribution in [-0.2, 0) is 14.3 Å². The minimum Gasteiger partial charge on any atom is -0.387 e. The lowest BCUT2D eigenvalue weighted by molar-refractivity contribution is -0.137. The molecule has 12 heteroatoms. The van der Waals surface area contributed by atoms with Gasteiger partial charge in [-0.05, 0) is 38.0 Å². The number of rotatable bonds is 6. The fourth-order valence-electron chi connectivity index (χ4n) is 4.32. The van der Waals surface area contributed by atoms with Gasteiger partial charge in [0, 0.05) is 18.5 Å². The molecule has 3 heterocycles. The number of carbonyl (C=O) groups is 2. The third-order valence-corrected chi connectivity index (χ3v) is 6.73. The largest absolute Gasteiger partial charge is 0.387 e. The Labute approximate surface area is 201 Å². The van der Waals surface area contributed by atoms with Gasteiger partial charge in [0.05, 0.1) is 12.9 Å². The number of nitrogen functional groups attached to an aromatic ring is 1. The SMILES string of the molecule is CCC(=O)N(CC#Cc1nc(N)c2ncn([C@@H]3O[C@H](C(=O)NC4CC4)C(O)[C@@H]3O)c2n1)C1CCC1. The summed E-state index contributed by atoms with van der Waals surface area (Å²) >= 11 is 0. The Morgan fingerprint density at radius 3 is 2.69 bits per heavy atom. The van der Waals surface area contributed by atoms with E-state index in [4.69, 9.17) is 10.5 Å². The number of imidazole rings is 1. The smallest absolute Gasteiger partial charge is 0.252 e. The highest BCUT2D eigenvalue weighted by molar-refractivity contribution is 5.83. The lowest BCUT2D eigenvalue weighted by atomic mass is 9.91. The van der Waals surface area contributed by atoms with Gasteiger partial charge >= 0.3 is 0 Å². The molecule has 3 fully saturated rings. The maximum absolute atomic E-state index is 12.4. The Bertz CT molecular complexity index is 1200. The molecule has 1 unspecified atom stereocenters. The van der Waals surface area contributed by atoms with Gasteiger partial charge in [0.25, 0.3) is 5.91 Å². The highest BCUT2D eigenvalue weighted by Gasteiger charge is 2.48. The molecule has 35 heavy (non-hydrogen) atoms. The van der Waals surface area contributed by atoms with E-state index in [0.717, 1.165) is 32.1 Å². The number of amides is 2. The van der Waals surface area contributed by atoms with Gasteiger partial charge in [-0.25, -0.2) is 15.0 Å². The number of hydrogen-bond donors (Lipinski definition) is 4. The zero-order valence-corrected chi connectivity index (χ0v) is 19.4. The van der Waals surface area contributed by atoms with Crippen molar-refractivity contribution in [1.29, 1.82) is 0 Å². The van der Waals surface area contributed by atoms with E-state index in [0.29, 0.717) is 6.42 Å². The van der Waals surface area contributed by atoms with Crippen LogP contribution in [0.15, 0.2) is 6.33 Å². The molecule has 2 saturated carbocycles. The van der Waals surface area contributed by atoms with Crippen LogP contribution in [0.5, 0.6) is 0 Å². The van der Waals surface area contributed by atoms with Gasteiger partial charge in [-0.2, -0.15) is 0 Å². The number of nitrogens with one attached hydrogen (secondary N) is 1. The van der Waals surface area contributed by atoms with E-state index in [1.54, 1.807) is 4.90 Å². The average molecular weight is 484 g/mol. The molecule has 5 N–H and O–H groups in total. The maximum atomic E-state index is 12.4. The molecule has 1 saturated heterocycles. The number of hydrogen-bond acceptors (Lipinski definition) is 9. The summed E-state index contributed by atoms with van der Waals surface area (Å²) in [5, 5.41) is 23.8. The van der Waals surface area contributed by atoms with E-state index in [1.807, 2.05) is 6.92 Å².